The number of nitrogens with zero attached hydrogens (tertiary/aromatic N) is 2. The lowest BCUT2D eigenvalue weighted by Gasteiger charge is -2.27. The predicted molar refractivity (Wildman–Crippen MR) is 194 cm³/mol. The first kappa shape index (κ1) is 41.8. The topological polar surface area (TPSA) is 175 Å². The van der Waals surface area contributed by atoms with E-state index < -0.39 is 37.3 Å². The Hall–Kier alpha value is -3.38. The molecule has 1 unspecified atom stereocenters. The SMILES string of the molecule is CC/C=C\C/C=C\C/C=C\C/C=C\C/C=C\C/C=C\CCC(=O)NCCCP(=O)(OC)OC[C@H]1O[C@@H](n2ccc(N)nc2=O)[C@](C)(O)[C@@H]1O. The van der Waals surface area contributed by atoms with Crippen molar-refractivity contribution in [1.29, 1.82) is 0 Å². The molecular weight excluding hydrogens is 647 g/mol. The van der Waals surface area contributed by atoms with Gasteiger partial charge in [-0.3, -0.25) is 13.9 Å². The van der Waals surface area contributed by atoms with Crippen molar-refractivity contribution in [2.24, 2.45) is 0 Å². The Morgan fingerprint density at radius 3 is 2.12 bits per heavy atom. The second-order valence-electron chi connectivity index (χ2n) is 11.7. The molecule has 2 heterocycles. The van der Waals surface area contributed by atoms with Gasteiger partial charge >= 0.3 is 13.3 Å². The number of nitrogens with one attached hydrogen (secondary N) is 1. The average Bonchev–Trinajstić information content (AvgIpc) is 3.30. The van der Waals surface area contributed by atoms with Gasteiger partial charge in [0.15, 0.2) is 6.23 Å². The number of hydrogen-bond acceptors (Lipinski definition) is 10. The van der Waals surface area contributed by atoms with Crippen LogP contribution in [0.25, 0.3) is 0 Å². The van der Waals surface area contributed by atoms with Gasteiger partial charge in [-0.25, -0.2) is 4.79 Å². The minimum atomic E-state index is -3.60. The molecule has 1 aliphatic rings. The highest BCUT2D eigenvalue weighted by Gasteiger charge is 2.53. The van der Waals surface area contributed by atoms with Crippen molar-refractivity contribution in [2.75, 3.05) is 32.2 Å². The van der Waals surface area contributed by atoms with Crippen LogP contribution in [0.5, 0.6) is 0 Å². The Morgan fingerprint density at radius 2 is 1.59 bits per heavy atom. The Bertz CT molecular complexity index is 1420. The molecule has 12 nitrogen and oxygen atoms in total. The van der Waals surface area contributed by atoms with Gasteiger partial charge in [0.1, 0.15) is 23.6 Å². The number of amides is 1. The minimum absolute atomic E-state index is 0.00132. The maximum Gasteiger partial charge on any atom is 0.351 e. The zero-order chi connectivity index (χ0) is 36.0. The maximum absolute atomic E-state index is 13.1. The van der Waals surface area contributed by atoms with Crippen LogP contribution in [0.2, 0.25) is 0 Å². The number of aromatic nitrogens is 2. The zero-order valence-corrected chi connectivity index (χ0v) is 30.0. The van der Waals surface area contributed by atoms with Crippen molar-refractivity contribution in [3.8, 4) is 0 Å². The van der Waals surface area contributed by atoms with E-state index >= 15 is 0 Å². The smallest absolute Gasteiger partial charge is 0.351 e. The lowest BCUT2D eigenvalue weighted by molar-refractivity contribution is -0.121. The number of allylic oxidation sites excluding steroid dienone is 12. The van der Waals surface area contributed by atoms with Crippen molar-refractivity contribution in [3.63, 3.8) is 0 Å². The van der Waals surface area contributed by atoms with Gasteiger partial charge in [0.25, 0.3) is 0 Å². The third-order valence-corrected chi connectivity index (χ3v) is 9.60. The molecule has 2 rings (SSSR count). The van der Waals surface area contributed by atoms with Crippen molar-refractivity contribution in [1.82, 2.24) is 14.9 Å². The molecule has 1 saturated heterocycles. The van der Waals surface area contributed by atoms with Crippen LogP contribution in [0.1, 0.15) is 77.9 Å². The number of carbonyl (C=O) groups is 1. The molecule has 13 heteroatoms. The first-order chi connectivity index (χ1) is 23.5. The number of nitrogens with two attached hydrogens (primary N) is 1. The summed E-state index contributed by atoms with van der Waals surface area (Å²) in [6.45, 7) is 3.36. The van der Waals surface area contributed by atoms with E-state index in [2.05, 4.69) is 78.0 Å². The number of ether oxygens (including phenoxy) is 1. The van der Waals surface area contributed by atoms with Gasteiger partial charge in [-0.1, -0.05) is 79.8 Å². The van der Waals surface area contributed by atoms with Crippen molar-refractivity contribution >= 4 is 19.3 Å². The van der Waals surface area contributed by atoms with Gasteiger partial charge in [0.2, 0.25) is 5.91 Å². The van der Waals surface area contributed by atoms with Crippen LogP contribution in [0.3, 0.4) is 0 Å². The van der Waals surface area contributed by atoms with E-state index in [1.165, 1.54) is 26.3 Å². The van der Waals surface area contributed by atoms with E-state index in [-0.39, 0.29) is 31.0 Å². The van der Waals surface area contributed by atoms with Crippen LogP contribution in [0.4, 0.5) is 5.82 Å². The van der Waals surface area contributed by atoms with Crippen LogP contribution >= 0.6 is 7.60 Å². The molecule has 49 heavy (non-hydrogen) atoms. The minimum Gasteiger partial charge on any atom is -0.387 e. The summed E-state index contributed by atoms with van der Waals surface area (Å²) in [6.07, 6.45) is 30.1. The van der Waals surface area contributed by atoms with E-state index in [0.29, 0.717) is 19.3 Å². The monoisotopic (exact) mass is 702 g/mol. The molecule has 0 radical (unpaired) electrons. The molecule has 1 aliphatic heterocycles. The summed E-state index contributed by atoms with van der Waals surface area (Å²) in [6, 6.07) is 1.36. The molecule has 1 aromatic heterocycles. The molecule has 0 bridgehead atoms. The summed E-state index contributed by atoms with van der Waals surface area (Å²) in [7, 11) is -2.35. The molecule has 0 saturated carbocycles. The number of hydrogen-bond donors (Lipinski definition) is 4. The highest BCUT2D eigenvalue weighted by molar-refractivity contribution is 7.53. The normalized spacial score (nSPS) is 22.9. The molecule has 0 aromatic carbocycles. The van der Waals surface area contributed by atoms with Crippen molar-refractivity contribution in [2.45, 2.75) is 95.7 Å². The molecule has 0 spiro atoms. The summed E-state index contributed by atoms with van der Waals surface area (Å²) >= 11 is 0. The van der Waals surface area contributed by atoms with E-state index in [1.54, 1.807) is 0 Å². The third-order valence-electron chi connectivity index (χ3n) is 7.64. The Balaban J connectivity index is 1.58. The van der Waals surface area contributed by atoms with E-state index in [0.717, 1.165) is 43.1 Å². The highest BCUT2D eigenvalue weighted by Crippen LogP contribution is 2.49. The number of nitrogen functional groups attached to an aromatic ring is 1. The summed E-state index contributed by atoms with van der Waals surface area (Å²) in [4.78, 5) is 28.1. The number of rotatable bonds is 23. The van der Waals surface area contributed by atoms with Gasteiger partial charge in [-0.2, -0.15) is 4.98 Å². The fourth-order valence-electron chi connectivity index (χ4n) is 4.82. The molecule has 272 valence electrons. The Kier molecular flexibility index (Phi) is 19.7. The summed E-state index contributed by atoms with van der Waals surface area (Å²) in [5, 5.41) is 24.3. The summed E-state index contributed by atoms with van der Waals surface area (Å²) in [5.74, 6) is -0.114. The Morgan fingerprint density at radius 1 is 1.04 bits per heavy atom. The van der Waals surface area contributed by atoms with Gasteiger partial charge in [-0.15, -0.1) is 0 Å². The highest BCUT2D eigenvalue weighted by atomic mass is 31.2. The number of anilines is 1. The number of aliphatic hydroxyl groups is 2. The quantitative estimate of drug-likeness (QED) is 0.0631. The molecule has 1 aromatic rings. The maximum atomic E-state index is 13.1. The van der Waals surface area contributed by atoms with Crippen molar-refractivity contribution < 1.29 is 33.4 Å². The van der Waals surface area contributed by atoms with Crippen LogP contribution < -0.4 is 16.7 Å². The van der Waals surface area contributed by atoms with Gasteiger partial charge in [-0.05, 0) is 64.4 Å². The van der Waals surface area contributed by atoms with Crippen LogP contribution in [-0.4, -0.2) is 69.9 Å². The molecule has 5 N–H and O–H groups in total. The molecule has 1 fully saturated rings. The standard InChI is InChI=1S/C36H55N4O8P/c1-4-5-6-7-8-9-10-11-12-13-14-15-16-17-18-19-20-21-22-24-32(41)38-26-23-28-49(45,46-3)47-29-30-33(42)36(2,44)34(48-30)40-27-25-31(37)39-35(40)43/h5-6,8-9,11-12,14-15,17-18,20-21,25,27,30,33-34,42,44H,4,7,10,13,16,19,22-24,26,28-29H2,1-3H3,(H,38,41)(H2,37,39,43)/b6-5-,9-8-,12-11-,15-14-,18-17-,21-20-/t30-,33-,34-,36-,49?/m1/s1. The average molecular weight is 703 g/mol. The number of aliphatic hydroxyl groups excluding tert-OH is 1. The lowest BCUT2D eigenvalue weighted by atomic mass is 9.96. The molecule has 1 amide bonds. The van der Waals surface area contributed by atoms with Gasteiger partial charge < -0.3 is 35.0 Å². The fraction of sp³-hybridized carbons (Fsp3) is 0.528. The van der Waals surface area contributed by atoms with Crippen LogP contribution in [0.15, 0.2) is 90.0 Å². The first-order valence-corrected chi connectivity index (χ1v) is 18.6. The van der Waals surface area contributed by atoms with Crippen LogP contribution in [0, 0.1) is 0 Å². The van der Waals surface area contributed by atoms with E-state index in [1.807, 2.05) is 12.2 Å². The van der Waals surface area contributed by atoms with E-state index in [4.69, 9.17) is 19.5 Å². The zero-order valence-electron chi connectivity index (χ0n) is 29.1. The second kappa shape index (κ2) is 23.1. The fourth-order valence-corrected chi connectivity index (χ4v) is 6.16. The first-order valence-electron chi connectivity index (χ1n) is 16.9. The molecule has 5 atom stereocenters. The summed E-state index contributed by atoms with van der Waals surface area (Å²) < 4.78 is 30.5. The second-order valence-corrected chi connectivity index (χ2v) is 14.0. The van der Waals surface area contributed by atoms with Crippen molar-refractivity contribution in [3.05, 3.63) is 95.7 Å². The summed E-state index contributed by atoms with van der Waals surface area (Å²) in [5.41, 5.74) is 2.89. The van der Waals surface area contributed by atoms with Gasteiger partial charge in [0, 0.05) is 26.3 Å². The largest absolute Gasteiger partial charge is 0.387 e. The lowest BCUT2D eigenvalue weighted by Crippen LogP contribution is -2.46. The molecule has 0 aliphatic carbocycles. The molecular formula is C36H55N4O8P. The third kappa shape index (κ3) is 15.8. The van der Waals surface area contributed by atoms with Crippen LogP contribution in [-0.2, 0) is 23.1 Å². The van der Waals surface area contributed by atoms with E-state index in [9.17, 15) is 24.4 Å². The number of carbonyl (C=O) groups excluding carboxylic acids is 1. The van der Waals surface area contributed by atoms with Gasteiger partial charge in [0.05, 0.1) is 12.8 Å². The predicted octanol–water partition coefficient (Wildman–Crippen LogP) is 5.68. The Labute approximate surface area is 290 Å².